The topological polar surface area (TPSA) is 61.8 Å². The van der Waals surface area contributed by atoms with Crippen LogP contribution in [0.4, 0.5) is 0 Å². The lowest BCUT2D eigenvalue weighted by Crippen LogP contribution is -2.16. The number of carbonyl (C=O) groups excluding carboxylic acids is 2. The minimum absolute atomic E-state index is 0.106. The molecular formula is C28H54O5. The minimum Gasteiger partial charge on any atom is -0.466 e. The first kappa shape index (κ1) is 31.9. The fraction of sp³-hybridized carbons (Fsp3) is 0.929. The number of carbonyl (C=O) groups is 2. The third kappa shape index (κ3) is 23.8. The van der Waals surface area contributed by atoms with E-state index in [1.54, 1.807) is 7.11 Å². The number of unbranched alkanes of at least 4 members (excludes halogenated alkanes) is 12. The number of methoxy groups -OCH3 is 1. The number of hydrogen-bond acceptors (Lipinski definition) is 5. The van der Waals surface area contributed by atoms with Crippen molar-refractivity contribution < 1.29 is 23.8 Å². The Morgan fingerprint density at radius 3 is 1.70 bits per heavy atom. The summed E-state index contributed by atoms with van der Waals surface area (Å²) < 4.78 is 16.0. The van der Waals surface area contributed by atoms with E-state index in [9.17, 15) is 9.59 Å². The molecule has 0 aliphatic rings. The molecule has 5 nitrogen and oxygen atoms in total. The normalized spacial score (nSPS) is 12.0. The van der Waals surface area contributed by atoms with Crippen LogP contribution >= 0.6 is 0 Å². The van der Waals surface area contributed by atoms with Crippen LogP contribution in [0.5, 0.6) is 0 Å². The highest BCUT2D eigenvalue weighted by Crippen LogP contribution is 2.15. The number of esters is 2. The Hall–Kier alpha value is -1.10. The summed E-state index contributed by atoms with van der Waals surface area (Å²) in [6.07, 6.45) is 20.3. The summed E-state index contributed by atoms with van der Waals surface area (Å²) >= 11 is 0. The smallest absolute Gasteiger partial charge is 0.305 e. The molecule has 5 heteroatoms. The number of hydrogen-bond donors (Lipinski definition) is 0. The van der Waals surface area contributed by atoms with E-state index in [0.717, 1.165) is 44.9 Å². The van der Waals surface area contributed by atoms with Gasteiger partial charge in [0.05, 0.1) is 13.2 Å². The van der Waals surface area contributed by atoms with E-state index < -0.39 is 0 Å². The van der Waals surface area contributed by atoms with Gasteiger partial charge < -0.3 is 14.2 Å². The molecule has 33 heavy (non-hydrogen) atoms. The van der Waals surface area contributed by atoms with Crippen molar-refractivity contribution in [2.75, 3.05) is 26.9 Å². The van der Waals surface area contributed by atoms with Gasteiger partial charge in [-0.2, -0.15) is 0 Å². The molecule has 0 bridgehead atoms. The van der Waals surface area contributed by atoms with Crippen molar-refractivity contribution in [3.63, 3.8) is 0 Å². The van der Waals surface area contributed by atoms with E-state index in [0.29, 0.717) is 38.6 Å². The van der Waals surface area contributed by atoms with Gasteiger partial charge in [0.15, 0.2) is 0 Å². The van der Waals surface area contributed by atoms with E-state index >= 15 is 0 Å². The van der Waals surface area contributed by atoms with Crippen molar-refractivity contribution in [1.82, 2.24) is 0 Å². The van der Waals surface area contributed by atoms with Gasteiger partial charge in [-0.1, -0.05) is 90.9 Å². The predicted molar refractivity (Wildman–Crippen MR) is 136 cm³/mol. The fourth-order valence-electron chi connectivity index (χ4n) is 3.95. The molecule has 0 aliphatic heterocycles. The van der Waals surface area contributed by atoms with Gasteiger partial charge in [0.2, 0.25) is 0 Å². The second-order valence-electron chi connectivity index (χ2n) is 9.44. The average molecular weight is 471 g/mol. The third-order valence-electron chi connectivity index (χ3n) is 6.20. The maximum absolute atomic E-state index is 12.0. The zero-order chi connectivity index (χ0) is 24.4. The first-order chi connectivity index (χ1) is 16.1. The van der Waals surface area contributed by atoms with Crippen molar-refractivity contribution in [1.29, 1.82) is 0 Å². The molecule has 0 fully saturated rings. The van der Waals surface area contributed by atoms with Crippen molar-refractivity contribution in [2.24, 2.45) is 5.92 Å². The van der Waals surface area contributed by atoms with Crippen LogP contribution in [0.3, 0.4) is 0 Å². The van der Waals surface area contributed by atoms with Crippen molar-refractivity contribution in [2.45, 2.75) is 136 Å². The fourth-order valence-corrected chi connectivity index (χ4v) is 3.95. The van der Waals surface area contributed by atoms with Crippen LogP contribution < -0.4 is 0 Å². The lowest BCUT2D eigenvalue weighted by Gasteiger charge is -2.16. The molecule has 0 aromatic heterocycles. The van der Waals surface area contributed by atoms with Gasteiger partial charge >= 0.3 is 11.9 Å². The second-order valence-corrected chi connectivity index (χ2v) is 9.44. The Labute approximate surface area is 204 Å². The van der Waals surface area contributed by atoms with Crippen LogP contribution in [0.25, 0.3) is 0 Å². The molecule has 0 rings (SSSR count). The Morgan fingerprint density at radius 2 is 1.09 bits per heavy atom. The van der Waals surface area contributed by atoms with Gasteiger partial charge in [-0.15, -0.1) is 0 Å². The predicted octanol–water partition coefficient (Wildman–Crippen LogP) is 7.79. The van der Waals surface area contributed by atoms with E-state index in [1.807, 2.05) is 0 Å². The quantitative estimate of drug-likeness (QED) is 0.101. The van der Waals surface area contributed by atoms with Crippen LogP contribution in [0.1, 0.15) is 136 Å². The first-order valence-electron chi connectivity index (χ1n) is 13.9. The highest BCUT2D eigenvalue weighted by Gasteiger charge is 2.12. The van der Waals surface area contributed by atoms with Crippen molar-refractivity contribution in [3.05, 3.63) is 0 Å². The summed E-state index contributed by atoms with van der Waals surface area (Å²) in [5.74, 6) is 0.159. The molecule has 0 heterocycles. The Bertz CT molecular complexity index is 438. The van der Waals surface area contributed by atoms with Crippen LogP contribution in [-0.2, 0) is 23.8 Å². The van der Waals surface area contributed by atoms with Crippen molar-refractivity contribution in [3.8, 4) is 0 Å². The summed E-state index contributed by atoms with van der Waals surface area (Å²) in [6, 6.07) is 0. The molecule has 0 N–H and O–H groups in total. The maximum atomic E-state index is 12.0. The molecule has 0 aliphatic carbocycles. The monoisotopic (exact) mass is 470 g/mol. The average Bonchev–Trinajstić information content (AvgIpc) is 2.81. The van der Waals surface area contributed by atoms with E-state index in [1.165, 1.54) is 64.2 Å². The standard InChI is InChI=1S/C28H54O5/c1-4-6-8-9-10-11-12-13-18-23-32-27(29)20-16-14-17-21-28(30)33-25-26(22-24-31-3)19-15-7-5-2/h26H,4-25H2,1-3H3. The van der Waals surface area contributed by atoms with Gasteiger partial charge in [-0.25, -0.2) is 0 Å². The summed E-state index contributed by atoms with van der Waals surface area (Å²) in [7, 11) is 1.71. The summed E-state index contributed by atoms with van der Waals surface area (Å²) in [5, 5.41) is 0. The molecule has 0 aromatic carbocycles. The SMILES string of the molecule is CCCCCCCCCCCOC(=O)CCCCCC(=O)OCC(CCCCC)CCOC. The first-order valence-corrected chi connectivity index (χ1v) is 13.9. The van der Waals surface area contributed by atoms with E-state index in [4.69, 9.17) is 14.2 Å². The van der Waals surface area contributed by atoms with Gasteiger partial charge in [0.1, 0.15) is 0 Å². The Balaban J connectivity index is 3.58. The van der Waals surface area contributed by atoms with E-state index in [2.05, 4.69) is 13.8 Å². The van der Waals surface area contributed by atoms with Gasteiger partial charge in [-0.05, 0) is 38.0 Å². The summed E-state index contributed by atoms with van der Waals surface area (Å²) in [4.78, 5) is 23.8. The minimum atomic E-state index is -0.124. The summed E-state index contributed by atoms with van der Waals surface area (Å²) in [5.41, 5.74) is 0. The second kappa shape index (κ2) is 25.5. The van der Waals surface area contributed by atoms with Crippen LogP contribution in [0.2, 0.25) is 0 Å². The van der Waals surface area contributed by atoms with Gasteiger partial charge in [0.25, 0.3) is 0 Å². The molecule has 0 saturated carbocycles. The van der Waals surface area contributed by atoms with Gasteiger partial charge in [-0.3, -0.25) is 9.59 Å². The third-order valence-corrected chi connectivity index (χ3v) is 6.20. The molecule has 0 radical (unpaired) electrons. The molecule has 1 unspecified atom stereocenters. The zero-order valence-electron chi connectivity index (χ0n) is 22.2. The van der Waals surface area contributed by atoms with Crippen LogP contribution in [0, 0.1) is 5.92 Å². The molecule has 0 amide bonds. The van der Waals surface area contributed by atoms with Crippen LogP contribution in [0.15, 0.2) is 0 Å². The Kier molecular flexibility index (Phi) is 24.7. The molecule has 0 saturated heterocycles. The molecular weight excluding hydrogens is 416 g/mol. The van der Waals surface area contributed by atoms with Crippen LogP contribution in [-0.4, -0.2) is 38.9 Å². The number of ether oxygens (including phenoxy) is 3. The summed E-state index contributed by atoms with van der Waals surface area (Å²) in [6.45, 7) is 6.20. The van der Waals surface area contributed by atoms with Gasteiger partial charge in [0, 0.05) is 26.6 Å². The lowest BCUT2D eigenvalue weighted by molar-refractivity contribution is -0.145. The maximum Gasteiger partial charge on any atom is 0.305 e. The molecule has 196 valence electrons. The largest absolute Gasteiger partial charge is 0.466 e. The highest BCUT2D eigenvalue weighted by molar-refractivity contribution is 5.69. The molecule has 0 aromatic rings. The highest BCUT2D eigenvalue weighted by atomic mass is 16.5. The van der Waals surface area contributed by atoms with Crippen molar-refractivity contribution >= 4 is 11.9 Å². The number of rotatable bonds is 25. The molecule has 1 atom stereocenters. The molecule has 0 spiro atoms. The zero-order valence-corrected chi connectivity index (χ0v) is 22.2. The lowest BCUT2D eigenvalue weighted by atomic mass is 9.99. The Morgan fingerprint density at radius 1 is 0.576 bits per heavy atom. The van der Waals surface area contributed by atoms with E-state index in [-0.39, 0.29) is 11.9 Å².